The van der Waals surface area contributed by atoms with Gasteiger partial charge in [0, 0.05) is 0 Å². The van der Waals surface area contributed by atoms with E-state index in [1.807, 2.05) is 0 Å². The highest BCUT2D eigenvalue weighted by molar-refractivity contribution is 9.10. The van der Waals surface area contributed by atoms with Crippen LogP contribution in [0.25, 0.3) is 0 Å². The molecule has 0 heterocycles. The Hall–Kier alpha value is -0.750. The van der Waals surface area contributed by atoms with Gasteiger partial charge in [0.05, 0.1) is 17.1 Å². The summed E-state index contributed by atoms with van der Waals surface area (Å²) in [5, 5.41) is 0. The Kier molecular flexibility index (Phi) is 4.43. The van der Waals surface area contributed by atoms with Crippen LogP contribution in [0.15, 0.2) is 16.6 Å². The number of benzene rings is 1. The highest BCUT2D eigenvalue weighted by Crippen LogP contribution is 2.40. The number of ether oxygens (including phenoxy) is 1. The van der Waals surface area contributed by atoms with Crippen LogP contribution in [0.5, 0.6) is 5.75 Å². The first-order valence-electron chi connectivity index (χ1n) is 4.96. The monoisotopic (exact) mass is 311 g/mol. The summed E-state index contributed by atoms with van der Waals surface area (Å²) < 4.78 is 44.0. The van der Waals surface area contributed by atoms with Gasteiger partial charge in [-0.1, -0.05) is 6.92 Å². The van der Waals surface area contributed by atoms with Gasteiger partial charge in [-0.2, -0.15) is 13.2 Å². The van der Waals surface area contributed by atoms with E-state index < -0.39 is 11.7 Å². The highest BCUT2D eigenvalue weighted by atomic mass is 79.9. The molecule has 1 aromatic rings. The van der Waals surface area contributed by atoms with Crippen LogP contribution in [0.2, 0.25) is 0 Å². The Morgan fingerprint density at radius 1 is 1.41 bits per heavy atom. The number of methoxy groups -OCH3 is 1. The molecular formula is C11H13BrF3NO. The Bertz CT molecular complexity index is 406. The minimum Gasteiger partial charge on any atom is -0.496 e. The third kappa shape index (κ3) is 3.13. The molecule has 0 amide bonds. The predicted molar refractivity (Wildman–Crippen MR) is 63.2 cm³/mol. The largest absolute Gasteiger partial charge is 0.496 e. The molecule has 0 aliphatic carbocycles. The van der Waals surface area contributed by atoms with Crippen LogP contribution in [0.3, 0.4) is 0 Å². The molecular weight excluding hydrogens is 299 g/mol. The molecule has 96 valence electrons. The molecule has 0 fully saturated rings. The molecule has 2 N–H and O–H groups in total. The van der Waals surface area contributed by atoms with E-state index in [-0.39, 0.29) is 23.8 Å². The lowest BCUT2D eigenvalue weighted by atomic mass is 9.95. The van der Waals surface area contributed by atoms with Crippen molar-refractivity contribution in [2.45, 2.75) is 19.0 Å². The Morgan fingerprint density at radius 3 is 2.41 bits per heavy atom. The number of hydrogen-bond acceptors (Lipinski definition) is 2. The van der Waals surface area contributed by atoms with Gasteiger partial charge in [-0.3, -0.25) is 0 Å². The van der Waals surface area contributed by atoms with Crippen LogP contribution < -0.4 is 10.5 Å². The molecule has 1 aromatic carbocycles. The van der Waals surface area contributed by atoms with Gasteiger partial charge >= 0.3 is 6.18 Å². The van der Waals surface area contributed by atoms with Crippen LogP contribution in [0.4, 0.5) is 13.2 Å². The molecule has 1 unspecified atom stereocenters. The molecule has 0 aromatic heterocycles. The van der Waals surface area contributed by atoms with Crippen molar-refractivity contribution in [2.75, 3.05) is 13.7 Å². The second kappa shape index (κ2) is 5.27. The molecule has 6 heteroatoms. The Labute approximate surface area is 106 Å². The van der Waals surface area contributed by atoms with Gasteiger partial charge in [-0.15, -0.1) is 0 Å². The third-order valence-corrected chi connectivity index (χ3v) is 3.13. The first-order valence-corrected chi connectivity index (χ1v) is 5.75. The minimum absolute atomic E-state index is 0.155. The standard InChI is InChI=1S/C11H13BrF3NO/c1-6(5-16)7-3-9(12)10(17-2)4-8(7)11(13,14)15/h3-4,6H,5,16H2,1-2H3. The van der Waals surface area contributed by atoms with E-state index in [0.717, 1.165) is 6.07 Å². The summed E-state index contributed by atoms with van der Waals surface area (Å²) in [6, 6.07) is 2.41. The maximum Gasteiger partial charge on any atom is 0.416 e. The maximum atomic E-state index is 12.9. The topological polar surface area (TPSA) is 35.2 Å². The molecule has 0 radical (unpaired) electrons. The zero-order valence-corrected chi connectivity index (χ0v) is 11.0. The lowest BCUT2D eigenvalue weighted by molar-refractivity contribution is -0.138. The molecule has 0 saturated heterocycles. The maximum absolute atomic E-state index is 12.9. The van der Waals surface area contributed by atoms with Crippen LogP contribution >= 0.6 is 15.9 Å². The lowest BCUT2D eigenvalue weighted by Crippen LogP contribution is -2.16. The molecule has 0 aliphatic heterocycles. The van der Waals surface area contributed by atoms with Gasteiger partial charge in [-0.25, -0.2) is 0 Å². The third-order valence-electron chi connectivity index (χ3n) is 2.51. The number of nitrogens with two attached hydrogens (primary N) is 1. The summed E-state index contributed by atoms with van der Waals surface area (Å²) in [4.78, 5) is 0. The molecule has 0 saturated carbocycles. The fraction of sp³-hybridized carbons (Fsp3) is 0.455. The minimum atomic E-state index is -4.41. The van der Waals surface area contributed by atoms with Crippen LogP contribution in [-0.2, 0) is 6.18 Å². The van der Waals surface area contributed by atoms with Gasteiger partial charge in [0.15, 0.2) is 0 Å². The quantitative estimate of drug-likeness (QED) is 0.926. The zero-order valence-electron chi connectivity index (χ0n) is 9.44. The number of halogens is 4. The highest BCUT2D eigenvalue weighted by Gasteiger charge is 2.35. The summed E-state index contributed by atoms with van der Waals surface area (Å²) >= 11 is 3.17. The number of rotatable bonds is 3. The van der Waals surface area contributed by atoms with E-state index in [9.17, 15) is 13.2 Å². The smallest absolute Gasteiger partial charge is 0.416 e. The van der Waals surface area contributed by atoms with E-state index in [4.69, 9.17) is 10.5 Å². The zero-order chi connectivity index (χ0) is 13.2. The Morgan fingerprint density at radius 2 is 2.00 bits per heavy atom. The van der Waals surface area contributed by atoms with Crippen molar-refractivity contribution < 1.29 is 17.9 Å². The van der Waals surface area contributed by atoms with Crippen molar-refractivity contribution in [1.29, 1.82) is 0 Å². The van der Waals surface area contributed by atoms with Crippen molar-refractivity contribution in [1.82, 2.24) is 0 Å². The second-order valence-corrected chi connectivity index (χ2v) is 4.56. The van der Waals surface area contributed by atoms with E-state index in [1.165, 1.54) is 13.2 Å². The van der Waals surface area contributed by atoms with E-state index >= 15 is 0 Å². The SMILES string of the molecule is COc1cc(C(F)(F)F)c(C(C)CN)cc1Br. The van der Waals surface area contributed by atoms with Crippen molar-refractivity contribution in [3.05, 3.63) is 27.7 Å². The molecule has 0 aliphatic rings. The predicted octanol–water partition coefficient (Wildman–Crippen LogP) is 3.54. The average Bonchev–Trinajstić information content (AvgIpc) is 2.26. The molecule has 1 atom stereocenters. The summed E-state index contributed by atoms with van der Waals surface area (Å²) in [5.74, 6) is -0.209. The van der Waals surface area contributed by atoms with Crippen LogP contribution in [0.1, 0.15) is 24.0 Å². The first-order chi connectivity index (χ1) is 7.81. The molecule has 17 heavy (non-hydrogen) atoms. The van der Waals surface area contributed by atoms with Crippen LogP contribution in [0, 0.1) is 0 Å². The van der Waals surface area contributed by atoms with E-state index in [2.05, 4.69) is 15.9 Å². The van der Waals surface area contributed by atoms with Gasteiger partial charge < -0.3 is 10.5 Å². The average molecular weight is 312 g/mol. The lowest BCUT2D eigenvalue weighted by Gasteiger charge is -2.19. The summed E-state index contributed by atoms with van der Waals surface area (Å²) in [6.45, 7) is 1.81. The summed E-state index contributed by atoms with van der Waals surface area (Å²) in [7, 11) is 1.33. The second-order valence-electron chi connectivity index (χ2n) is 3.71. The fourth-order valence-electron chi connectivity index (χ4n) is 1.51. The van der Waals surface area contributed by atoms with Crippen molar-refractivity contribution in [3.63, 3.8) is 0 Å². The van der Waals surface area contributed by atoms with Gasteiger partial charge in [-0.05, 0) is 46.1 Å². The van der Waals surface area contributed by atoms with Gasteiger partial charge in [0.25, 0.3) is 0 Å². The van der Waals surface area contributed by atoms with Gasteiger partial charge in [0.1, 0.15) is 5.75 Å². The summed E-state index contributed by atoms with van der Waals surface area (Å²) in [5.41, 5.74) is 4.90. The number of hydrogen-bond donors (Lipinski definition) is 1. The van der Waals surface area contributed by atoms with Crippen LogP contribution in [-0.4, -0.2) is 13.7 Å². The first kappa shape index (κ1) is 14.3. The van der Waals surface area contributed by atoms with Crippen molar-refractivity contribution in [3.8, 4) is 5.75 Å². The number of alkyl halides is 3. The van der Waals surface area contributed by atoms with Crippen molar-refractivity contribution in [2.24, 2.45) is 5.73 Å². The fourth-order valence-corrected chi connectivity index (χ4v) is 2.03. The van der Waals surface area contributed by atoms with Crippen molar-refractivity contribution >= 4 is 15.9 Å². The van der Waals surface area contributed by atoms with Gasteiger partial charge in [0.2, 0.25) is 0 Å². The molecule has 0 bridgehead atoms. The molecule has 2 nitrogen and oxygen atoms in total. The molecule has 0 spiro atoms. The van der Waals surface area contributed by atoms with E-state index in [1.54, 1.807) is 6.92 Å². The normalized spacial score (nSPS) is 13.6. The van der Waals surface area contributed by atoms with E-state index in [0.29, 0.717) is 4.47 Å². The summed E-state index contributed by atoms with van der Waals surface area (Å²) in [6.07, 6.45) is -4.41. The molecule has 1 rings (SSSR count). The Balaban J connectivity index is 3.42.